The van der Waals surface area contributed by atoms with Crippen LogP contribution >= 0.6 is 23.2 Å². The average molecular weight is 407 g/mol. The first-order chi connectivity index (χ1) is 13.0. The largest absolute Gasteiger partial charge is 0.452 e. The maximum atomic E-state index is 12.3. The predicted molar refractivity (Wildman–Crippen MR) is 104 cm³/mol. The van der Waals surface area contributed by atoms with E-state index in [-0.39, 0.29) is 28.4 Å². The number of esters is 1. The molecule has 1 fully saturated rings. The number of piperidine rings is 1. The summed E-state index contributed by atoms with van der Waals surface area (Å²) in [7, 11) is 0. The summed E-state index contributed by atoms with van der Waals surface area (Å²) in [6.45, 7) is 1.07. The lowest BCUT2D eigenvalue weighted by atomic mass is 9.90. The third-order valence-electron chi connectivity index (χ3n) is 4.66. The fourth-order valence-electron chi connectivity index (χ4n) is 3.22. The van der Waals surface area contributed by atoms with Gasteiger partial charge in [-0.15, -0.1) is 0 Å². The molecule has 0 spiro atoms. The molecule has 1 aliphatic rings. The predicted octanol–water partition coefficient (Wildman–Crippen LogP) is 4.03. The zero-order chi connectivity index (χ0) is 19.2. The molecule has 0 saturated carbocycles. The molecule has 0 aliphatic carbocycles. The molecule has 0 unspecified atom stereocenters. The van der Waals surface area contributed by atoms with Crippen LogP contribution in [0.15, 0.2) is 42.5 Å². The van der Waals surface area contributed by atoms with Crippen molar-refractivity contribution in [2.24, 2.45) is 5.92 Å². The molecule has 2 aromatic rings. The van der Waals surface area contributed by atoms with Gasteiger partial charge in [0.1, 0.15) is 10.3 Å². The number of hydrogen-bond donors (Lipinski definition) is 0. The molecule has 1 aromatic carbocycles. The van der Waals surface area contributed by atoms with E-state index in [4.69, 9.17) is 27.9 Å². The van der Waals surface area contributed by atoms with Gasteiger partial charge in [0.15, 0.2) is 6.61 Å². The number of likely N-dealkylation sites (tertiary alicyclic amines) is 1. The van der Waals surface area contributed by atoms with E-state index in [0.717, 1.165) is 19.3 Å². The first kappa shape index (κ1) is 19.6. The second-order valence-corrected chi connectivity index (χ2v) is 7.37. The smallest absolute Gasteiger partial charge is 0.338 e. The van der Waals surface area contributed by atoms with E-state index in [1.165, 1.54) is 17.7 Å². The van der Waals surface area contributed by atoms with E-state index in [0.29, 0.717) is 19.0 Å². The van der Waals surface area contributed by atoms with Crippen molar-refractivity contribution in [2.45, 2.75) is 19.3 Å². The lowest BCUT2D eigenvalue weighted by Crippen LogP contribution is -2.41. The van der Waals surface area contributed by atoms with Gasteiger partial charge < -0.3 is 9.64 Å². The summed E-state index contributed by atoms with van der Waals surface area (Å²) < 4.78 is 5.10. The molecule has 1 saturated heterocycles. The Kier molecular flexibility index (Phi) is 6.69. The van der Waals surface area contributed by atoms with Gasteiger partial charge in [0.25, 0.3) is 5.91 Å². The number of pyridine rings is 1. The first-order valence-corrected chi connectivity index (χ1v) is 9.59. The van der Waals surface area contributed by atoms with Crippen LogP contribution in [0.3, 0.4) is 0 Å². The molecular formula is C20H20Cl2N2O3. The highest BCUT2D eigenvalue weighted by molar-refractivity contribution is 6.32. The van der Waals surface area contributed by atoms with E-state index in [1.54, 1.807) is 4.90 Å². The van der Waals surface area contributed by atoms with Crippen LogP contribution in [0.1, 0.15) is 28.8 Å². The van der Waals surface area contributed by atoms with Crippen LogP contribution in [-0.4, -0.2) is 41.5 Å². The Bertz CT molecular complexity index is 786. The second-order valence-electron chi connectivity index (χ2n) is 6.59. The molecule has 0 atom stereocenters. The highest BCUT2D eigenvalue weighted by atomic mass is 35.5. The van der Waals surface area contributed by atoms with E-state index in [2.05, 4.69) is 17.1 Å². The van der Waals surface area contributed by atoms with Crippen molar-refractivity contribution >= 4 is 35.1 Å². The van der Waals surface area contributed by atoms with Crippen LogP contribution in [0.25, 0.3) is 0 Å². The monoisotopic (exact) mass is 406 g/mol. The number of carbonyl (C=O) groups is 2. The minimum absolute atomic E-state index is 0.0984. The molecule has 5 nitrogen and oxygen atoms in total. The van der Waals surface area contributed by atoms with E-state index in [9.17, 15) is 9.59 Å². The Morgan fingerprint density at radius 2 is 1.70 bits per heavy atom. The molecule has 0 N–H and O–H groups in total. The van der Waals surface area contributed by atoms with E-state index < -0.39 is 5.97 Å². The Labute approximate surface area is 168 Å². The molecule has 1 aromatic heterocycles. The second kappa shape index (κ2) is 9.20. The quantitative estimate of drug-likeness (QED) is 0.555. The van der Waals surface area contributed by atoms with Gasteiger partial charge in [-0.3, -0.25) is 4.79 Å². The van der Waals surface area contributed by atoms with Crippen molar-refractivity contribution in [3.63, 3.8) is 0 Å². The summed E-state index contributed by atoms with van der Waals surface area (Å²) >= 11 is 11.5. The Balaban J connectivity index is 1.45. The molecule has 3 rings (SSSR count). The van der Waals surface area contributed by atoms with Gasteiger partial charge in [-0.1, -0.05) is 53.5 Å². The number of hydrogen-bond acceptors (Lipinski definition) is 4. The third kappa shape index (κ3) is 5.68. The first-order valence-electron chi connectivity index (χ1n) is 8.83. The van der Waals surface area contributed by atoms with Crippen molar-refractivity contribution in [2.75, 3.05) is 19.7 Å². The van der Waals surface area contributed by atoms with Crippen molar-refractivity contribution in [1.29, 1.82) is 0 Å². The van der Waals surface area contributed by atoms with Gasteiger partial charge in [-0.25, -0.2) is 9.78 Å². The van der Waals surface area contributed by atoms with Crippen molar-refractivity contribution < 1.29 is 14.3 Å². The fraction of sp³-hybridized carbons (Fsp3) is 0.350. The number of ether oxygens (including phenoxy) is 1. The van der Waals surface area contributed by atoms with Crippen molar-refractivity contribution in [3.05, 3.63) is 63.9 Å². The van der Waals surface area contributed by atoms with Crippen molar-refractivity contribution in [3.8, 4) is 0 Å². The molecular weight excluding hydrogens is 387 g/mol. The fourth-order valence-corrected chi connectivity index (χ4v) is 3.68. The molecule has 0 bridgehead atoms. The maximum Gasteiger partial charge on any atom is 0.338 e. The molecule has 1 aliphatic heterocycles. The van der Waals surface area contributed by atoms with Gasteiger partial charge in [-0.05, 0) is 42.9 Å². The van der Waals surface area contributed by atoms with Gasteiger partial charge in [0, 0.05) is 13.1 Å². The van der Waals surface area contributed by atoms with Crippen LogP contribution in [0, 0.1) is 5.92 Å². The molecule has 2 heterocycles. The third-order valence-corrected chi connectivity index (χ3v) is 5.05. The average Bonchev–Trinajstić information content (AvgIpc) is 2.66. The summed E-state index contributed by atoms with van der Waals surface area (Å²) in [5, 5.41) is 0.197. The van der Waals surface area contributed by atoms with Crippen LogP contribution in [0.5, 0.6) is 0 Å². The Morgan fingerprint density at radius 1 is 1.07 bits per heavy atom. The molecule has 7 heteroatoms. The van der Waals surface area contributed by atoms with E-state index in [1.807, 2.05) is 18.2 Å². The summed E-state index contributed by atoms with van der Waals surface area (Å²) in [6, 6.07) is 13.1. The van der Waals surface area contributed by atoms with Gasteiger partial charge >= 0.3 is 5.97 Å². The topological polar surface area (TPSA) is 59.5 Å². The number of aromatic nitrogens is 1. The number of halogens is 2. The number of rotatable bonds is 5. The summed E-state index contributed by atoms with van der Waals surface area (Å²) in [4.78, 5) is 29.9. The molecule has 0 radical (unpaired) electrons. The normalized spacial score (nSPS) is 14.8. The lowest BCUT2D eigenvalue weighted by molar-refractivity contribution is -0.135. The van der Waals surface area contributed by atoms with Crippen LogP contribution in [0.2, 0.25) is 10.3 Å². The van der Waals surface area contributed by atoms with Gasteiger partial charge in [0.2, 0.25) is 0 Å². The van der Waals surface area contributed by atoms with Gasteiger partial charge in [0.05, 0.1) is 5.56 Å². The number of amides is 1. The summed E-state index contributed by atoms with van der Waals surface area (Å²) in [5.41, 5.74) is 1.50. The minimum Gasteiger partial charge on any atom is -0.452 e. The van der Waals surface area contributed by atoms with Crippen LogP contribution < -0.4 is 0 Å². The van der Waals surface area contributed by atoms with Crippen molar-refractivity contribution in [1.82, 2.24) is 9.88 Å². The maximum absolute atomic E-state index is 12.3. The minimum atomic E-state index is -0.645. The number of benzene rings is 1. The SMILES string of the molecule is O=C(OCC(=O)N1CCC(Cc2ccccc2)CC1)c1cc(Cl)nc(Cl)c1. The Hall–Kier alpha value is -2.11. The standard InChI is InChI=1S/C20H20Cl2N2O3/c21-17-11-16(12-18(22)23-17)20(26)27-13-19(25)24-8-6-15(7-9-24)10-14-4-2-1-3-5-14/h1-5,11-12,15H,6-10,13H2. The number of carbonyl (C=O) groups excluding carboxylic acids is 2. The highest BCUT2D eigenvalue weighted by Crippen LogP contribution is 2.22. The van der Waals surface area contributed by atoms with E-state index >= 15 is 0 Å². The molecule has 1 amide bonds. The molecule has 27 heavy (non-hydrogen) atoms. The van der Waals surface area contributed by atoms with Crippen LogP contribution in [-0.2, 0) is 16.0 Å². The number of nitrogens with zero attached hydrogens (tertiary/aromatic N) is 2. The molecule has 142 valence electrons. The lowest BCUT2D eigenvalue weighted by Gasteiger charge is -2.32. The Morgan fingerprint density at radius 3 is 2.33 bits per heavy atom. The zero-order valence-corrected chi connectivity index (χ0v) is 16.2. The highest BCUT2D eigenvalue weighted by Gasteiger charge is 2.24. The summed E-state index contributed by atoms with van der Waals surface area (Å²) in [6.07, 6.45) is 2.93. The van der Waals surface area contributed by atoms with Gasteiger partial charge in [-0.2, -0.15) is 0 Å². The van der Waals surface area contributed by atoms with Crippen LogP contribution in [0.4, 0.5) is 0 Å². The summed E-state index contributed by atoms with van der Waals surface area (Å²) in [5.74, 6) is -0.263. The zero-order valence-electron chi connectivity index (χ0n) is 14.7.